The Kier molecular flexibility index (Phi) is 4.40. The third-order valence-electron chi connectivity index (χ3n) is 3.48. The molecular formula is C13H23N3S. The predicted octanol–water partition coefficient (Wildman–Crippen LogP) is 3.02. The molecule has 0 aromatic carbocycles. The first-order chi connectivity index (χ1) is 8.24. The molecule has 1 aliphatic carbocycles. The molecule has 0 unspecified atom stereocenters. The minimum atomic E-state index is 0.616. The molecule has 1 fully saturated rings. The van der Waals surface area contributed by atoms with E-state index in [4.69, 9.17) is 0 Å². The van der Waals surface area contributed by atoms with Crippen LogP contribution >= 0.6 is 11.3 Å². The molecule has 0 aliphatic heterocycles. The number of nitrogens with zero attached hydrogens (tertiary/aromatic N) is 2. The topological polar surface area (TPSA) is 28.2 Å². The second-order valence-electron chi connectivity index (χ2n) is 4.85. The molecule has 0 atom stereocenters. The summed E-state index contributed by atoms with van der Waals surface area (Å²) in [5.41, 5.74) is 0. The molecule has 1 aromatic rings. The first kappa shape index (κ1) is 12.8. The highest BCUT2D eigenvalue weighted by Crippen LogP contribution is 2.26. The van der Waals surface area contributed by atoms with Crippen LogP contribution in [-0.4, -0.2) is 24.1 Å². The van der Waals surface area contributed by atoms with Crippen LogP contribution in [0.2, 0.25) is 0 Å². The fourth-order valence-corrected chi connectivity index (χ4v) is 2.96. The maximum atomic E-state index is 4.54. The summed E-state index contributed by atoms with van der Waals surface area (Å²) in [5.74, 6) is 0. The minimum absolute atomic E-state index is 0.616. The fraction of sp³-hybridized carbons (Fsp3) is 0.769. The van der Waals surface area contributed by atoms with Gasteiger partial charge in [0.15, 0.2) is 5.13 Å². The number of hydrogen-bond donors (Lipinski definition) is 1. The normalized spacial score (nSPS) is 15.5. The standard InChI is InChI=1S/C13H23N3S/c1-4-11(5-2)16(3)13-15-9-12(17-13)8-14-10-6-7-10/h9-11,14H,4-8H2,1-3H3. The molecule has 0 spiro atoms. The maximum Gasteiger partial charge on any atom is 0.185 e. The van der Waals surface area contributed by atoms with Crippen LogP contribution in [0.25, 0.3) is 0 Å². The molecule has 3 nitrogen and oxygen atoms in total. The third kappa shape index (κ3) is 3.42. The highest BCUT2D eigenvalue weighted by Gasteiger charge is 2.21. The zero-order chi connectivity index (χ0) is 12.3. The van der Waals surface area contributed by atoms with Crippen LogP contribution in [0.1, 0.15) is 44.4 Å². The highest BCUT2D eigenvalue weighted by atomic mass is 32.1. The molecule has 0 bridgehead atoms. The predicted molar refractivity (Wildman–Crippen MR) is 74.7 cm³/mol. The van der Waals surface area contributed by atoms with Crippen molar-refractivity contribution in [3.8, 4) is 0 Å². The lowest BCUT2D eigenvalue weighted by molar-refractivity contribution is 0.590. The molecular weight excluding hydrogens is 230 g/mol. The summed E-state index contributed by atoms with van der Waals surface area (Å²) in [5, 5.41) is 4.69. The molecule has 4 heteroatoms. The van der Waals surface area contributed by atoms with Crippen LogP contribution in [0.5, 0.6) is 0 Å². The van der Waals surface area contributed by atoms with Crippen molar-refractivity contribution in [2.45, 2.75) is 58.2 Å². The van der Waals surface area contributed by atoms with Crippen molar-refractivity contribution in [3.63, 3.8) is 0 Å². The molecule has 17 heavy (non-hydrogen) atoms. The van der Waals surface area contributed by atoms with E-state index < -0.39 is 0 Å². The largest absolute Gasteiger partial charge is 0.348 e. The van der Waals surface area contributed by atoms with E-state index in [9.17, 15) is 0 Å². The van der Waals surface area contributed by atoms with Crippen molar-refractivity contribution >= 4 is 16.5 Å². The average molecular weight is 253 g/mol. The molecule has 96 valence electrons. The number of hydrogen-bond acceptors (Lipinski definition) is 4. The monoisotopic (exact) mass is 253 g/mol. The van der Waals surface area contributed by atoms with E-state index in [1.165, 1.54) is 30.6 Å². The van der Waals surface area contributed by atoms with Gasteiger partial charge in [-0.05, 0) is 25.7 Å². The van der Waals surface area contributed by atoms with Gasteiger partial charge in [0, 0.05) is 36.8 Å². The van der Waals surface area contributed by atoms with Gasteiger partial charge >= 0.3 is 0 Å². The van der Waals surface area contributed by atoms with Crippen LogP contribution in [0.3, 0.4) is 0 Å². The third-order valence-corrected chi connectivity index (χ3v) is 4.56. The second-order valence-corrected chi connectivity index (χ2v) is 5.94. The van der Waals surface area contributed by atoms with Crippen molar-refractivity contribution < 1.29 is 0 Å². The van der Waals surface area contributed by atoms with Crippen molar-refractivity contribution in [3.05, 3.63) is 11.1 Å². The van der Waals surface area contributed by atoms with Crippen molar-refractivity contribution in [1.82, 2.24) is 10.3 Å². The van der Waals surface area contributed by atoms with Gasteiger partial charge in [-0.2, -0.15) is 0 Å². The van der Waals surface area contributed by atoms with Crippen LogP contribution in [-0.2, 0) is 6.54 Å². The lowest BCUT2D eigenvalue weighted by atomic mass is 10.1. The molecule has 0 saturated heterocycles. The maximum absolute atomic E-state index is 4.54. The summed E-state index contributed by atoms with van der Waals surface area (Å²) in [6.45, 7) is 5.47. The lowest BCUT2D eigenvalue weighted by Gasteiger charge is -2.25. The first-order valence-electron chi connectivity index (χ1n) is 6.65. The van der Waals surface area contributed by atoms with Crippen molar-refractivity contribution in [2.24, 2.45) is 0 Å². The van der Waals surface area contributed by atoms with Crippen LogP contribution in [0.15, 0.2) is 6.20 Å². The van der Waals surface area contributed by atoms with E-state index in [1.54, 1.807) is 0 Å². The average Bonchev–Trinajstić information content (AvgIpc) is 3.05. The SMILES string of the molecule is CCC(CC)N(C)c1ncc(CNC2CC2)s1. The Balaban J connectivity index is 1.90. The summed E-state index contributed by atoms with van der Waals surface area (Å²) in [7, 11) is 2.16. The molecule has 1 heterocycles. The summed E-state index contributed by atoms with van der Waals surface area (Å²) in [6.07, 6.45) is 7.08. The van der Waals surface area contributed by atoms with Gasteiger partial charge in [-0.1, -0.05) is 13.8 Å². The van der Waals surface area contributed by atoms with Gasteiger partial charge in [0.1, 0.15) is 0 Å². The molecule has 2 rings (SSSR count). The lowest BCUT2D eigenvalue weighted by Crippen LogP contribution is -2.30. The zero-order valence-electron chi connectivity index (χ0n) is 11.1. The van der Waals surface area contributed by atoms with Gasteiger partial charge in [-0.15, -0.1) is 11.3 Å². The Labute approximate surface area is 108 Å². The Morgan fingerprint density at radius 2 is 2.18 bits per heavy atom. The van der Waals surface area contributed by atoms with Gasteiger partial charge < -0.3 is 10.2 Å². The van der Waals surface area contributed by atoms with E-state index in [0.717, 1.165) is 17.7 Å². The minimum Gasteiger partial charge on any atom is -0.348 e. The van der Waals surface area contributed by atoms with E-state index in [-0.39, 0.29) is 0 Å². The number of rotatable bonds is 7. The number of aromatic nitrogens is 1. The summed E-state index contributed by atoms with van der Waals surface area (Å²) in [4.78, 5) is 8.21. The van der Waals surface area contributed by atoms with Crippen molar-refractivity contribution in [2.75, 3.05) is 11.9 Å². The quantitative estimate of drug-likeness (QED) is 0.809. The Bertz CT molecular complexity index is 342. The molecule has 0 amide bonds. The molecule has 1 aliphatic rings. The van der Waals surface area contributed by atoms with Crippen LogP contribution in [0, 0.1) is 0 Å². The zero-order valence-corrected chi connectivity index (χ0v) is 11.9. The van der Waals surface area contributed by atoms with Gasteiger partial charge in [0.05, 0.1) is 0 Å². The first-order valence-corrected chi connectivity index (χ1v) is 7.47. The van der Waals surface area contributed by atoms with E-state index in [2.05, 4.69) is 36.1 Å². The number of anilines is 1. The Morgan fingerprint density at radius 3 is 2.76 bits per heavy atom. The summed E-state index contributed by atoms with van der Waals surface area (Å²) >= 11 is 1.82. The highest BCUT2D eigenvalue weighted by molar-refractivity contribution is 7.15. The van der Waals surface area contributed by atoms with E-state index in [1.807, 2.05) is 17.5 Å². The van der Waals surface area contributed by atoms with Crippen LogP contribution < -0.4 is 10.2 Å². The summed E-state index contributed by atoms with van der Waals surface area (Å²) in [6, 6.07) is 1.39. The second kappa shape index (κ2) is 5.83. The number of nitrogens with one attached hydrogen (secondary N) is 1. The van der Waals surface area contributed by atoms with Gasteiger partial charge in [-0.3, -0.25) is 0 Å². The Hall–Kier alpha value is -0.610. The molecule has 1 saturated carbocycles. The molecule has 1 aromatic heterocycles. The van der Waals surface area contributed by atoms with E-state index in [0.29, 0.717) is 6.04 Å². The van der Waals surface area contributed by atoms with E-state index >= 15 is 0 Å². The van der Waals surface area contributed by atoms with Gasteiger partial charge in [0.2, 0.25) is 0 Å². The van der Waals surface area contributed by atoms with Crippen molar-refractivity contribution in [1.29, 1.82) is 0 Å². The van der Waals surface area contributed by atoms with Gasteiger partial charge in [0.25, 0.3) is 0 Å². The molecule has 0 radical (unpaired) electrons. The fourth-order valence-electron chi connectivity index (χ4n) is 2.07. The summed E-state index contributed by atoms with van der Waals surface area (Å²) < 4.78 is 0. The smallest absolute Gasteiger partial charge is 0.185 e. The Morgan fingerprint density at radius 1 is 1.47 bits per heavy atom. The molecule has 1 N–H and O–H groups in total. The van der Waals surface area contributed by atoms with Crippen LogP contribution in [0.4, 0.5) is 5.13 Å². The number of thiazole rings is 1. The van der Waals surface area contributed by atoms with Gasteiger partial charge in [-0.25, -0.2) is 4.98 Å².